The molecule has 2 N–H and O–H groups in total. The van der Waals surface area contributed by atoms with Gasteiger partial charge in [-0.2, -0.15) is 0 Å². The normalized spacial score (nSPS) is 18.4. The van der Waals surface area contributed by atoms with E-state index in [2.05, 4.69) is 0 Å². The molecule has 0 rings (SSSR count). The molecule has 0 fully saturated rings. The Labute approximate surface area is 61.5 Å². The molecule has 0 spiro atoms. The molecule has 2 nitrogen and oxygen atoms in total. The van der Waals surface area contributed by atoms with E-state index in [9.17, 15) is 0 Å². The van der Waals surface area contributed by atoms with Crippen molar-refractivity contribution in [3.63, 3.8) is 0 Å². The number of allylic oxidation sites excluding steroid dienone is 3. The van der Waals surface area contributed by atoms with Gasteiger partial charge in [0.2, 0.25) is 0 Å². The Bertz CT molecular complexity index is 125. The van der Waals surface area contributed by atoms with Crippen molar-refractivity contribution in [2.75, 3.05) is 0 Å². The van der Waals surface area contributed by atoms with E-state index in [-0.39, 0.29) is 0 Å². The SMILES string of the molecule is CC=CC=CC(O)C(C)O. The lowest BCUT2D eigenvalue weighted by Crippen LogP contribution is -2.19. The molecule has 0 heterocycles. The van der Waals surface area contributed by atoms with E-state index >= 15 is 0 Å². The highest BCUT2D eigenvalue weighted by atomic mass is 16.3. The number of aliphatic hydroxyl groups is 2. The first-order valence-electron chi connectivity index (χ1n) is 3.34. The van der Waals surface area contributed by atoms with Crippen molar-refractivity contribution in [1.29, 1.82) is 0 Å². The fraction of sp³-hybridized carbons (Fsp3) is 0.500. The minimum atomic E-state index is -0.754. The van der Waals surface area contributed by atoms with Crippen LogP contribution in [0.2, 0.25) is 0 Å². The van der Waals surface area contributed by atoms with Crippen LogP contribution in [-0.4, -0.2) is 22.4 Å². The van der Waals surface area contributed by atoms with Gasteiger partial charge in [0.05, 0.1) is 12.2 Å². The Morgan fingerprint density at radius 2 is 1.80 bits per heavy atom. The van der Waals surface area contributed by atoms with Crippen LogP contribution in [0.4, 0.5) is 0 Å². The third-order valence-corrected chi connectivity index (χ3v) is 1.11. The predicted molar refractivity (Wildman–Crippen MR) is 41.6 cm³/mol. The monoisotopic (exact) mass is 142 g/mol. The van der Waals surface area contributed by atoms with Crippen LogP contribution in [0.5, 0.6) is 0 Å². The molecule has 0 saturated heterocycles. The van der Waals surface area contributed by atoms with E-state index in [0.29, 0.717) is 0 Å². The number of rotatable bonds is 3. The standard InChI is InChI=1S/C8H14O2/c1-3-4-5-6-8(10)7(2)9/h3-10H,1-2H3. The summed E-state index contributed by atoms with van der Waals surface area (Å²) in [5.41, 5.74) is 0. The highest BCUT2D eigenvalue weighted by Crippen LogP contribution is 1.93. The molecule has 58 valence electrons. The number of hydrogen-bond donors (Lipinski definition) is 2. The zero-order chi connectivity index (χ0) is 7.98. The predicted octanol–water partition coefficient (Wildman–Crippen LogP) is 0.860. The van der Waals surface area contributed by atoms with Crippen molar-refractivity contribution in [1.82, 2.24) is 0 Å². The molecule has 2 atom stereocenters. The van der Waals surface area contributed by atoms with Crippen LogP contribution in [0.25, 0.3) is 0 Å². The Morgan fingerprint density at radius 1 is 1.20 bits per heavy atom. The maximum absolute atomic E-state index is 8.98. The van der Waals surface area contributed by atoms with Gasteiger partial charge < -0.3 is 10.2 Å². The zero-order valence-corrected chi connectivity index (χ0v) is 6.36. The first-order valence-corrected chi connectivity index (χ1v) is 3.34. The van der Waals surface area contributed by atoms with Crippen LogP contribution in [0, 0.1) is 0 Å². The van der Waals surface area contributed by atoms with Gasteiger partial charge in [-0.1, -0.05) is 24.3 Å². The maximum atomic E-state index is 8.98. The largest absolute Gasteiger partial charge is 0.390 e. The molecule has 2 heteroatoms. The van der Waals surface area contributed by atoms with E-state index in [1.54, 1.807) is 25.2 Å². The highest BCUT2D eigenvalue weighted by Gasteiger charge is 2.03. The zero-order valence-electron chi connectivity index (χ0n) is 6.36. The maximum Gasteiger partial charge on any atom is 0.0980 e. The first kappa shape index (κ1) is 9.40. The van der Waals surface area contributed by atoms with Crippen molar-refractivity contribution in [2.45, 2.75) is 26.1 Å². The fourth-order valence-corrected chi connectivity index (χ4v) is 0.450. The van der Waals surface area contributed by atoms with Crippen LogP contribution in [-0.2, 0) is 0 Å². The van der Waals surface area contributed by atoms with Crippen LogP contribution < -0.4 is 0 Å². The first-order chi connectivity index (χ1) is 4.68. The van der Waals surface area contributed by atoms with Crippen LogP contribution >= 0.6 is 0 Å². The van der Waals surface area contributed by atoms with E-state index < -0.39 is 12.2 Å². The quantitative estimate of drug-likeness (QED) is 0.574. The van der Waals surface area contributed by atoms with Crippen LogP contribution in [0.15, 0.2) is 24.3 Å². The second kappa shape index (κ2) is 5.21. The topological polar surface area (TPSA) is 40.5 Å². The summed E-state index contributed by atoms with van der Waals surface area (Å²) in [5.74, 6) is 0. The van der Waals surface area contributed by atoms with Gasteiger partial charge in [0.25, 0.3) is 0 Å². The van der Waals surface area contributed by atoms with Crippen molar-refractivity contribution in [3.05, 3.63) is 24.3 Å². The van der Waals surface area contributed by atoms with Gasteiger partial charge in [-0.15, -0.1) is 0 Å². The Morgan fingerprint density at radius 3 is 2.20 bits per heavy atom. The van der Waals surface area contributed by atoms with Gasteiger partial charge in [0.1, 0.15) is 0 Å². The average Bonchev–Trinajstić information content (AvgIpc) is 1.88. The molecule has 0 bridgehead atoms. The van der Waals surface area contributed by atoms with Gasteiger partial charge in [-0.05, 0) is 13.8 Å². The molecule has 0 aromatic carbocycles. The number of aliphatic hydroxyl groups excluding tert-OH is 2. The van der Waals surface area contributed by atoms with E-state index in [4.69, 9.17) is 10.2 Å². The third-order valence-electron chi connectivity index (χ3n) is 1.11. The van der Waals surface area contributed by atoms with Gasteiger partial charge in [-0.3, -0.25) is 0 Å². The minimum Gasteiger partial charge on any atom is -0.390 e. The lowest BCUT2D eigenvalue weighted by atomic mass is 10.2. The fourth-order valence-electron chi connectivity index (χ4n) is 0.450. The third kappa shape index (κ3) is 4.30. The van der Waals surface area contributed by atoms with Gasteiger partial charge in [0, 0.05) is 0 Å². The molecule has 0 aromatic rings. The van der Waals surface area contributed by atoms with Crippen LogP contribution in [0.1, 0.15) is 13.8 Å². The second-order valence-corrected chi connectivity index (χ2v) is 2.14. The molecular formula is C8H14O2. The second-order valence-electron chi connectivity index (χ2n) is 2.14. The smallest absolute Gasteiger partial charge is 0.0980 e. The van der Waals surface area contributed by atoms with Crippen molar-refractivity contribution in [3.8, 4) is 0 Å². The summed E-state index contributed by atoms with van der Waals surface area (Å²) >= 11 is 0. The summed E-state index contributed by atoms with van der Waals surface area (Å²) in [6, 6.07) is 0. The van der Waals surface area contributed by atoms with Gasteiger partial charge >= 0.3 is 0 Å². The van der Waals surface area contributed by atoms with Crippen molar-refractivity contribution >= 4 is 0 Å². The summed E-state index contributed by atoms with van der Waals surface area (Å²) in [5, 5.41) is 17.8. The summed E-state index contributed by atoms with van der Waals surface area (Å²) in [4.78, 5) is 0. The van der Waals surface area contributed by atoms with Gasteiger partial charge in [-0.25, -0.2) is 0 Å². The summed E-state index contributed by atoms with van der Waals surface area (Å²) in [6.45, 7) is 3.43. The molecule has 0 aliphatic heterocycles. The lowest BCUT2D eigenvalue weighted by Gasteiger charge is -2.06. The summed E-state index contributed by atoms with van der Waals surface area (Å²) < 4.78 is 0. The Kier molecular flexibility index (Phi) is 4.89. The summed E-state index contributed by atoms with van der Waals surface area (Å²) in [6.07, 6.45) is 5.46. The molecule has 10 heavy (non-hydrogen) atoms. The highest BCUT2D eigenvalue weighted by molar-refractivity contribution is 5.04. The van der Waals surface area contributed by atoms with Crippen LogP contribution in [0.3, 0.4) is 0 Å². The van der Waals surface area contributed by atoms with Crippen molar-refractivity contribution < 1.29 is 10.2 Å². The molecule has 2 unspecified atom stereocenters. The molecular weight excluding hydrogens is 128 g/mol. The molecule has 0 amide bonds. The molecule has 0 aromatic heterocycles. The minimum absolute atomic E-state index is 0.693. The molecule has 0 aliphatic carbocycles. The average molecular weight is 142 g/mol. The van der Waals surface area contributed by atoms with E-state index in [0.717, 1.165) is 0 Å². The lowest BCUT2D eigenvalue weighted by molar-refractivity contribution is 0.0619. The molecule has 0 saturated carbocycles. The van der Waals surface area contributed by atoms with Gasteiger partial charge in [0.15, 0.2) is 0 Å². The Balaban J connectivity index is 3.66. The Hall–Kier alpha value is -0.600. The van der Waals surface area contributed by atoms with E-state index in [1.807, 2.05) is 13.0 Å². The molecule has 0 aliphatic rings. The summed E-state index contributed by atoms with van der Waals surface area (Å²) in [7, 11) is 0. The van der Waals surface area contributed by atoms with E-state index in [1.165, 1.54) is 0 Å². The number of hydrogen-bond acceptors (Lipinski definition) is 2. The molecule has 0 radical (unpaired) electrons. The van der Waals surface area contributed by atoms with Crippen molar-refractivity contribution in [2.24, 2.45) is 0 Å².